The van der Waals surface area contributed by atoms with E-state index in [-0.39, 0.29) is 0 Å². The fourth-order valence-corrected chi connectivity index (χ4v) is 1.77. The highest BCUT2D eigenvalue weighted by Crippen LogP contribution is 2.17. The van der Waals surface area contributed by atoms with Crippen molar-refractivity contribution in [2.24, 2.45) is 0 Å². The summed E-state index contributed by atoms with van der Waals surface area (Å²) < 4.78 is 16.2. The average Bonchev–Trinajstić information content (AvgIpc) is 2.54. The number of ether oxygens (including phenoxy) is 3. The van der Waals surface area contributed by atoms with E-state index in [1.165, 1.54) is 0 Å². The van der Waals surface area contributed by atoms with Gasteiger partial charge in [0.2, 0.25) is 0 Å². The van der Waals surface area contributed by atoms with E-state index in [1.807, 2.05) is 43.4 Å². The molecule has 112 valence electrons. The summed E-state index contributed by atoms with van der Waals surface area (Å²) in [7, 11) is 3.53. The SMILES string of the molecule is CNCc1ccc(OCCOc2ccc(OC)cc2)cn1. The third-order valence-electron chi connectivity index (χ3n) is 2.84. The zero-order valence-corrected chi connectivity index (χ0v) is 12.3. The van der Waals surface area contributed by atoms with Gasteiger partial charge in [0, 0.05) is 6.54 Å². The van der Waals surface area contributed by atoms with E-state index >= 15 is 0 Å². The van der Waals surface area contributed by atoms with Crippen molar-refractivity contribution < 1.29 is 14.2 Å². The van der Waals surface area contributed by atoms with Crippen molar-refractivity contribution >= 4 is 0 Å². The second-order valence-corrected chi connectivity index (χ2v) is 4.39. The molecule has 2 rings (SSSR count). The molecule has 0 aliphatic carbocycles. The van der Waals surface area contributed by atoms with Gasteiger partial charge in [0.1, 0.15) is 30.5 Å². The Balaban J connectivity index is 1.71. The van der Waals surface area contributed by atoms with E-state index in [0.717, 1.165) is 29.5 Å². The summed E-state index contributed by atoms with van der Waals surface area (Å²) in [5.74, 6) is 2.35. The van der Waals surface area contributed by atoms with Crippen molar-refractivity contribution in [1.29, 1.82) is 0 Å². The summed E-state index contributed by atoms with van der Waals surface area (Å²) in [4.78, 5) is 4.28. The molecule has 0 unspecified atom stereocenters. The minimum Gasteiger partial charge on any atom is -0.497 e. The Morgan fingerprint density at radius 3 is 2.10 bits per heavy atom. The van der Waals surface area contributed by atoms with Crippen LogP contribution in [0.4, 0.5) is 0 Å². The van der Waals surface area contributed by atoms with Crippen molar-refractivity contribution in [3.8, 4) is 17.2 Å². The van der Waals surface area contributed by atoms with Crippen LogP contribution in [0.2, 0.25) is 0 Å². The summed E-state index contributed by atoms with van der Waals surface area (Å²) in [6, 6.07) is 11.3. The molecule has 1 heterocycles. The first-order valence-electron chi connectivity index (χ1n) is 6.81. The van der Waals surface area contributed by atoms with Crippen LogP contribution in [0.15, 0.2) is 42.6 Å². The zero-order valence-electron chi connectivity index (χ0n) is 12.3. The number of nitrogens with zero attached hydrogens (tertiary/aromatic N) is 1. The molecule has 0 saturated carbocycles. The Morgan fingerprint density at radius 2 is 1.52 bits per heavy atom. The van der Waals surface area contributed by atoms with Gasteiger partial charge in [0.05, 0.1) is 19.0 Å². The van der Waals surface area contributed by atoms with Crippen LogP contribution >= 0.6 is 0 Å². The predicted octanol–water partition coefficient (Wildman–Crippen LogP) is 2.27. The Kier molecular flexibility index (Phi) is 5.84. The van der Waals surface area contributed by atoms with Crippen molar-refractivity contribution in [1.82, 2.24) is 10.3 Å². The second-order valence-electron chi connectivity index (χ2n) is 4.39. The highest BCUT2D eigenvalue weighted by atomic mass is 16.5. The molecule has 0 radical (unpaired) electrons. The number of aromatic nitrogens is 1. The van der Waals surface area contributed by atoms with Gasteiger partial charge in [0.15, 0.2) is 0 Å². The number of hydrogen-bond acceptors (Lipinski definition) is 5. The molecule has 0 spiro atoms. The first-order chi connectivity index (χ1) is 10.3. The standard InChI is InChI=1S/C16H20N2O3/c1-17-11-13-3-4-16(12-18-13)21-10-9-20-15-7-5-14(19-2)6-8-15/h3-8,12,17H,9-11H2,1-2H3. The smallest absolute Gasteiger partial charge is 0.137 e. The summed E-state index contributed by atoms with van der Waals surface area (Å²) >= 11 is 0. The van der Waals surface area contributed by atoms with Crippen LogP contribution in [0.3, 0.4) is 0 Å². The highest BCUT2D eigenvalue weighted by molar-refractivity contribution is 5.31. The molecule has 1 N–H and O–H groups in total. The predicted molar refractivity (Wildman–Crippen MR) is 81.0 cm³/mol. The molecule has 1 aromatic heterocycles. The monoisotopic (exact) mass is 288 g/mol. The van der Waals surface area contributed by atoms with E-state index in [2.05, 4.69) is 10.3 Å². The fraction of sp³-hybridized carbons (Fsp3) is 0.312. The lowest BCUT2D eigenvalue weighted by atomic mass is 10.3. The lowest BCUT2D eigenvalue weighted by molar-refractivity contribution is 0.216. The van der Waals surface area contributed by atoms with E-state index in [1.54, 1.807) is 13.3 Å². The first kappa shape index (κ1) is 15.1. The topological polar surface area (TPSA) is 52.6 Å². The Hall–Kier alpha value is -2.27. The van der Waals surface area contributed by atoms with Crippen LogP contribution in [0.1, 0.15) is 5.69 Å². The van der Waals surface area contributed by atoms with E-state index < -0.39 is 0 Å². The second kappa shape index (κ2) is 8.11. The fourth-order valence-electron chi connectivity index (χ4n) is 1.77. The molecule has 5 nitrogen and oxygen atoms in total. The largest absolute Gasteiger partial charge is 0.497 e. The highest BCUT2D eigenvalue weighted by Gasteiger charge is 1.98. The molecule has 0 fully saturated rings. The number of hydrogen-bond donors (Lipinski definition) is 1. The van der Waals surface area contributed by atoms with Crippen LogP contribution in [-0.4, -0.2) is 32.4 Å². The van der Waals surface area contributed by atoms with Crippen molar-refractivity contribution in [3.05, 3.63) is 48.3 Å². The maximum Gasteiger partial charge on any atom is 0.137 e. The molecular weight excluding hydrogens is 268 g/mol. The first-order valence-corrected chi connectivity index (χ1v) is 6.81. The number of rotatable bonds is 8. The lowest BCUT2D eigenvalue weighted by Gasteiger charge is -2.09. The van der Waals surface area contributed by atoms with Crippen molar-refractivity contribution in [2.45, 2.75) is 6.54 Å². The van der Waals surface area contributed by atoms with Gasteiger partial charge in [0.25, 0.3) is 0 Å². The van der Waals surface area contributed by atoms with Gasteiger partial charge in [-0.3, -0.25) is 4.98 Å². The van der Waals surface area contributed by atoms with Gasteiger partial charge in [-0.1, -0.05) is 0 Å². The lowest BCUT2D eigenvalue weighted by Crippen LogP contribution is -2.10. The number of nitrogens with one attached hydrogen (secondary N) is 1. The van der Waals surface area contributed by atoms with Gasteiger partial charge in [-0.05, 0) is 43.4 Å². The van der Waals surface area contributed by atoms with Crippen LogP contribution in [0, 0.1) is 0 Å². The minimum atomic E-state index is 0.471. The van der Waals surface area contributed by atoms with Gasteiger partial charge >= 0.3 is 0 Å². The van der Waals surface area contributed by atoms with Crippen LogP contribution in [0.5, 0.6) is 17.2 Å². The Morgan fingerprint density at radius 1 is 0.905 bits per heavy atom. The molecule has 0 bridgehead atoms. The summed E-state index contributed by atoms with van der Waals surface area (Å²) in [6.45, 7) is 1.70. The summed E-state index contributed by atoms with van der Waals surface area (Å²) in [5.41, 5.74) is 0.985. The zero-order chi connectivity index (χ0) is 14.9. The Bertz CT molecular complexity index is 526. The van der Waals surface area contributed by atoms with Crippen molar-refractivity contribution in [2.75, 3.05) is 27.4 Å². The van der Waals surface area contributed by atoms with E-state index in [4.69, 9.17) is 14.2 Å². The van der Waals surface area contributed by atoms with Gasteiger partial charge in [-0.15, -0.1) is 0 Å². The molecule has 1 aromatic carbocycles. The number of methoxy groups -OCH3 is 1. The van der Waals surface area contributed by atoms with E-state index in [0.29, 0.717) is 13.2 Å². The maximum atomic E-state index is 5.58. The third kappa shape index (κ3) is 4.96. The third-order valence-corrected chi connectivity index (χ3v) is 2.84. The quantitative estimate of drug-likeness (QED) is 0.755. The van der Waals surface area contributed by atoms with Crippen molar-refractivity contribution in [3.63, 3.8) is 0 Å². The van der Waals surface area contributed by atoms with Crippen LogP contribution in [-0.2, 0) is 6.54 Å². The number of benzene rings is 1. The van der Waals surface area contributed by atoms with Crippen LogP contribution < -0.4 is 19.5 Å². The molecule has 21 heavy (non-hydrogen) atoms. The minimum absolute atomic E-state index is 0.471. The summed E-state index contributed by atoms with van der Waals surface area (Å²) in [6.07, 6.45) is 1.72. The van der Waals surface area contributed by atoms with Crippen LogP contribution in [0.25, 0.3) is 0 Å². The molecule has 0 aliphatic rings. The normalized spacial score (nSPS) is 10.2. The molecule has 0 saturated heterocycles. The molecule has 5 heteroatoms. The number of pyridine rings is 1. The summed E-state index contributed by atoms with van der Waals surface area (Å²) in [5, 5.41) is 3.05. The molecule has 0 atom stereocenters. The molecule has 2 aromatic rings. The molecular formula is C16H20N2O3. The average molecular weight is 288 g/mol. The molecule has 0 aliphatic heterocycles. The maximum absolute atomic E-state index is 5.58. The van der Waals surface area contributed by atoms with Gasteiger partial charge < -0.3 is 19.5 Å². The molecule has 0 amide bonds. The van der Waals surface area contributed by atoms with Gasteiger partial charge in [-0.25, -0.2) is 0 Å². The van der Waals surface area contributed by atoms with Gasteiger partial charge in [-0.2, -0.15) is 0 Å². The Labute approximate surface area is 124 Å². The van der Waals surface area contributed by atoms with E-state index in [9.17, 15) is 0 Å².